The van der Waals surface area contributed by atoms with Crippen molar-refractivity contribution in [3.05, 3.63) is 46.2 Å². The highest BCUT2D eigenvalue weighted by atomic mass is 32.1. The van der Waals surface area contributed by atoms with E-state index >= 15 is 0 Å². The summed E-state index contributed by atoms with van der Waals surface area (Å²) in [6.45, 7) is 3.17. The van der Waals surface area contributed by atoms with E-state index in [4.69, 9.17) is 4.84 Å². The van der Waals surface area contributed by atoms with Gasteiger partial charge in [0.05, 0.1) is 35.6 Å². The summed E-state index contributed by atoms with van der Waals surface area (Å²) < 4.78 is 0. The van der Waals surface area contributed by atoms with Crippen molar-refractivity contribution in [2.24, 2.45) is 5.16 Å². The summed E-state index contributed by atoms with van der Waals surface area (Å²) in [7, 11) is 0. The zero-order chi connectivity index (χ0) is 18.9. The third kappa shape index (κ3) is 3.68. The van der Waals surface area contributed by atoms with E-state index < -0.39 is 5.60 Å². The molecule has 2 aromatic heterocycles. The van der Waals surface area contributed by atoms with Gasteiger partial charge in [0.15, 0.2) is 5.60 Å². The maximum absolute atomic E-state index is 12.5. The molecule has 1 fully saturated rings. The predicted molar refractivity (Wildman–Crippen MR) is 99.3 cm³/mol. The van der Waals surface area contributed by atoms with Crippen molar-refractivity contribution in [2.75, 3.05) is 13.1 Å². The maximum Gasteiger partial charge on any atom is 0.269 e. The number of carbonyl (C=O) groups excluding carboxylic acids is 2. The molecule has 0 bridgehead atoms. The summed E-state index contributed by atoms with van der Waals surface area (Å²) in [4.78, 5) is 41.3. The summed E-state index contributed by atoms with van der Waals surface area (Å²) in [6.07, 6.45) is 4.35. The van der Waals surface area contributed by atoms with Crippen LogP contribution in [0.15, 0.2) is 35.1 Å². The van der Waals surface area contributed by atoms with Gasteiger partial charge in [-0.15, -0.1) is 11.3 Å². The smallest absolute Gasteiger partial charge is 0.269 e. The number of amides is 2. The largest absolute Gasteiger partial charge is 0.386 e. The van der Waals surface area contributed by atoms with Crippen LogP contribution in [0.1, 0.15) is 33.9 Å². The molecule has 0 aliphatic carbocycles. The Labute approximate surface area is 160 Å². The van der Waals surface area contributed by atoms with Crippen molar-refractivity contribution in [2.45, 2.75) is 31.9 Å². The number of hydrogen-bond acceptors (Lipinski definition) is 7. The average Bonchev–Trinajstić information content (AvgIpc) is 3.43. The minimum Gasteiger partial charge on any atom is -0.386 e. The monoisotopic (exact) mass is 385 g/mol. The van der Waals surface area contributed by atoms with Crippen LogP contribution in [0.5, 0.6) is 0 Å². The predicted octanol–water partition coefficient (Wildman–Crippen LogP) is 1.52. The molecular formula is C18H19N5O3S. The Morgan fingerprint density at radius 1 is 1.37 bits per heavy atom. The third-order valence-electron chi connectivity index (χ3n) is 4.70. The molecule has 8 nitrogen and oxygen atoms in total. The molecule has 4 rings (SSSR count). The van der Waals surface area contributed by atoms with Crippen molar-refractivity contribution in [1.82, 2.24) is 20.2 Å². The molecule has 2 aliphatic rings. The molecule has 2 amide bonds. The molecule has 1 atom stereocenters. The Hall–Kier alpha value is -2.81. The number of rotatable bonds is 4. The van der Waals surface area contributed by atoms with Crippen LogP contribution < -0.4 is 5.32 Å². The Bertz CT molecular complexity index is 881. The van der Waals surface area contributed by atoms with Gasteiger partial charge in [-0.05, 0) is 18.4 Å². The van der Waals surface area contributed by atoms with E-state index in [1.54, 1.807) is 17.3 Å². The minimum absolute atomic E-state index is 0.00122. The molecule has 9 heteroatoms. The Kier molecular flexibility index (Phi) is 4.61. The van der Waals surface area contributed by atoms with Gasteiger partial charge in [0, 0.05) is 25.6 Å². The van der Waals surface area contributed by atoms with Crippen LogP contribution in [0.4, 0.5) is 0 Å². The lowest BCUT2D eigenvalue weighted by molar-refractivity contribution is -0.115. The fourth-order valence-electron chi connectivity index (χ4n) is 3.22. The lowest BCUT2D eigenvalue weighted by atomic mass is 9.96. The van der Waals surface area contributed by atoms with E-state index in [-0.39, 0.29) is 18.4 Å². The van der Waals surface area contributed by atoms with Crippen LogP contribution >= 0.6 is 11.3 Å². The normalized spacial score (nSPS) is 21.2. The number of carbonyl (C=O) groups is 2. The summed E-state index contributed by atoms with van der Waals surface area (Å²) in [5, 5.41) is 8.66. The first-order valence-corrected chi connectivity index (χ1v) is 9.56. The van der Waals surface area contributed by atoms with Crippen LogP contribution in [-0.2, 0) is 16.2 Å². The second-order valence-electron chi connectivity index (χ2n) is 6.77. The first kappa shape index (κ1) is 17.6. The lowest BCUT2D eigenvalue weighted by Crippen LogP contribution is -2.38. The van der Waals surface area contributed by atoms with Gasteiger partial charge in [-0.2, -0.15) is 0 Å². The quantitative estimate of drug-likeness (QED) is 0.861. The van der Waals surface area contributed by atoms with Gasteiger partial charge in [0.1, 0.15) is 5.71 Å². The first-order valence-electron chi connectivity index (χ1n) is 8.68. The molecule has 0 unspecified atom stereocenters. The molecule has 140 valence electrons. The fourth-order valence-corrected chi connectivity index (χ4v) is 3.91. The number of likely N-dealkylation sites (tertiary alicyclic amines) is 1. The van der Waals surface area contributed by atoms with Crippen molar-refractivity contribution in [3.63, 3.8) is 0 Å². The number of oxime groups is 1. The molecule has 27 heavy (non-hydrogen) atoms. The highest BCUT2D eigenvalue weighted by Crippen LogP contribution is 2.34. The Morgan fingerprint density at radius 3 is 3.00 bits per heavy atom. The van der Waals surface area contributed by atoms with E-state index in [0.29, 0.717) is 42.2 Å². The molecule has 1 spiro atoms. The molecular weight excluding hydrogens is 366 g/mol. The van der Waals surface area contributed by atoms with Crippen LogP contribution in [0, 0.1) is 6.92 Å². The molecule has 4 heterocycles. The standard InChI is InChI=1S/C18H19N5O3S/c1-12-8-20-13(9-19-12)10-21-16(24)14-7-18(26-22-14)4-5-23(11-18)17(25)15-3-2-6-27-15/h2-3,6,8-9H,4-5,7,10-11H2,1H3,(H,21,24)/t18-/m0/s1. The molecule has 1 saturated heterocycles. The molecule has 0 radical (unpaired) electrons. The van der Waals surface area contributed by atoms with Crippen molar-refractivity contribution < 1.29 is 14.4 Å². The SMILES string of the molecule is Cc1cnc(CNC(=O)C2=NO[C@@]3(CCN(C(=O)c4cccs4)C3)C2)cn1. The summed E-state index contributed by atoms with van der Waals surface area (Å²) in [5.41, 5.74) is 1.25. The number of aromatic nitrogens is 2. The second kappa shape index (κ2) is 7.07. The number of nitrogens with one attached hydrogen (secondary N) is 1. The fraction of sp³-hybridized carbons (Fsp3) is 0.389. The van der Waals surface area contributed by atoms with Gasteiger partial charge >= 0.3 is 0 Å². The maximum atomic E-state index is 12.5. The third-order valence-corrected chi connectivity index (χ3v) is 5.56. The first-order chi connectivity index (χ1) is 13.0. The van der Waals surface area contributed by atoms with Crippen molar-refractivity contribution >= 4 is 28.9 Å². The van der Waals surface area contributed by atoms with E-state index in [0.717, 1.165) is 5.69 Å². The van der Waals surface area contributed by atoms with Crippen LogP contribution in [0.2, 0.25) is 0 Å². The van der Waals surface area contributed by atoms with Crippen molar-refractivity contribution in [3.8, 4) is 0 Å². The lowest BCUT2D eigenvalue weighted by Gasteiger charge is -2.21. The zero-order valence-electron chi connectivity index (χ0n) is 14.8. The van der Waals surface area contributed by atoms with Gasteiger partial charge < -0.3 is 15.1 Å². The van der Waals surface area contributed by atoms with Gasteiger partial charge in [-0.3, -0.25) is 19.6 Å². The molecule has 1 N–H and O–H groups in total. The van der Waals surface area contributed by atoms with Crippen LogP contribution in [0.3, 0.4) is 0 Å². The van der Waals surface area contributed by atoms with E-state index in [1.165, 1.54) is 11.3 Å². The highest BCUT2D eigenvalue weighted by Gasteiger charge is 2.48. The van der Waals surface area contributed by atoms with Crippen LogP contribution in [0.25, 0.3) is 0 Å². The molecule has 0 saturated carbocycles. The van der Waals surface area contributed by atoms with E-state index in [2.05, 4.69) is 20.4 Å². The number of nitrogens with zero attached hydrogens (tertiary/aromatic N) is 4. The number of aryl methyl sites for hydroxylation is 1. The summed E-state index contributed by atoms with van der Waals surface area (Å²) in [5.74, 6) is -0.279. The second-order valence-corrected chi connectivity index (χ2v) is 7.72. The van der Waals surface area contributed by atoms with E-state index in [1.807, 2.05) is 24.4 Å². The topological polar surface area (TPSA) is 96.8 Å². The molecule has 2 aromatic rings. The average molecular weight is 385 g/mol. The summed E-state index contributed by atoms with van der Waals surface area (Å²) in [6, 6.07) is 3.68. The Morgan fingerprint density at radius 2 is 2.26 bits per heavy atom. The van der Waals surface area contributed by atoms with E-state index in [9.17, 15) is 9.59 Å². The number of thiophene rings is 1. The highest BCUT2D eigenvalue weighted by molar-refractivity contribution is 7.12. The zero-order valence-corrected chi connectivity index (χ0v) is 15.7. The molecule has 0 aromatic carbocycles. The summed E-state index contributed by atoms with van der Waals surface area (Å²) >= 11 is 1.42. The van der Waals surface area contributed by atoms with Crippen molar-refractivity contribution in [1.29, 1.82) is 0 Å². The van der Waals surface area contributed by atoms with Gasteiger partial charge in [-0.25, -0.2) is 0 Å². The molecule has 2 aliphatic heterocycles. The van der Waals surface area contributed by atoms with Crippen LogP contribution in [-0.4, -0.2) is 51.1 Å². The Balaban J connectivity index is 1.32. The van der Waals surface area contributed by atoms with Gasteiger partial charge in [-0.1, -0.05) is 11.2 Å². The van der Waals surface area contributed by atoms with Gasteiger partial charge in [0.25, 0.3) is 11.8 Å². The van der Waals surface area contributed by atoms with Gasteiger partial charge in [0.2, 0.25) is 0 Å². The number of hydrogen-bond donors (Lipinski definition) is 1. The minimum atomic E-state index is -0.594.